The molecule has 0 saturated carbocycles. The predicted molar refractivity (Wildman–Crippen MR) is 73.6 cm³/mol. The van der Waals surface area contributed by atoms with Gasteiger partial charge in [-0.15, -0.1) is 0 Å². The highest BCUT2D eigenvalue weighted by Crippen LogP contribution is 2.19. The molecule has 0 aliphatic heterocycles. The number of carbonyl (C=O) groups is 1. The van der Waals surface area contributed by atoms with Crippen molar-refractivity contribution in [2.24, 2.45) is 0 Å². The van der Waals surface area contributed by atoms with Crippen LogP contribution in [0, 0.1) is 0 Å². The summed E-state index contributed by atoms with van der Waals surface area (Å²) in [4.78, 5) is 20.9. The molecule has 0 aliphatic rings. The van der Waals surface area contributed by atoms with E-state index in [0.717, 1.165) is 36.0 Å². The molecule has 4 nitrogen and oxygen atoms in total. The summed E-state index contributed by atoms with van der Waals surface area (Å²) in [5.74, 6) is 0.169. The Hall–Kier alpha value is -1.84. The lowest BCUT2D eigenvalue weighted by atomic mass is 10.2. The van der Waals surface area contributed by atoms with Gasteiger partial charge < -0.3 is 9.88 Å². The Balaban J connectivity index is 2.07. The number of benzene rings is 1. The standard InChI is InChI=1S/C14H19N3O/c1-3-4-5-6-14(18)17(2)11-7-8-12-13(9-11)16-10-15-12/h7-10H,3-6H2,1-2H3,(H,15,16). The Labute approximate surface area is 107 Å². The van der Waals surface area contributed by atoms with Gasteiger partial charge in [0.2, 0.25) is 5.91 Å². The molecule has 0 fully saturated rings. The molecule has 1 aromatic carbocycles. The number of rotatable bonds is 5. The van der Waals surface area contributed by atoms with E-state index >= 15 is 0 Å². The average molecular weight is 245 g/mol. The Morgan fingerprint density at radius 2 is 2.22 bits per heavy atom. The number of carbonyl (C=O) groups excluding carboxylic acids is 1. The molecule has 0 aliphatic carbocycles. The SMILES string of the molecule is CCCCCC(=O)N(C)c1ccc2nc[nH]c2c1. The Morgan fingerprint density at radius 1 is 1.39 bits per heavy atom. The van der Waals surface area contributed by atoms with E-state index in [1.165, 1.54) is 0 Å². The molecule has 2 rings (SSSR count). The summed E-state index contributed by atoms with van der Waals surface area (Å²) in [5, 5.41) is 0. The maximum absolute atomic E-state index is 12.0. The van der Waals surface area contributed by atoms with E-state index < -0.39 is 0 Å². The lowest BCUT2D eigenvalue weighted by molar-refractivity contribution is -0.118. The minimum Gasteiger partial charge on any atom is -0.345 e. The number of aromatic amines is 1. The summed E-state index contributed by atoms with van der Waals surface area (Å²) in [5.41, 5.74) is 2.79. The number of imidazole rings is 1. The smallest absolute Gasteiger partial charge is 0.226 e. The van der Waals surface area contributed by atoms with E-state index in [1.54, 1.807) is 11.2 Å². The quantitative estimate of drug-likeness (QED) is 0.823. The second-order valence-electron chi connectivity index (χ2n) is 4.51. The number of hydrogen-bond donors (Lipinski definition) is 1. The molecule has 0 spiro atoms. The van der Waals surface area contributed by atoms with E-state index in [4.69, 9.17) is 0 Å². The van der Waals surface area contributed by atoms with Crippen molar-refractivity contribution in [1.82, 2.24) is 9.97 Å². The summed E-state index contributed by atoms with van der Waals surface area (Å²) in [7, 11) is 1.83. The molecule has 4 heteroatoms. The van der Waals surface area contributed by atoms with E-state index in [-0.39, 0.29) is 5.91 Å². The first-order valence-electron chi connectivity index (χ1n) is 6.42. The van der Waals surface area contributed by atoms with Gasteiger partial charge >= 0.3 is 0 Å². The first-order chi connectivity index (χ1) is 8.72. The molecule has 0 radical (unpaired) electrons. The molecule has 96 valence electrons. The first kappa shape index (κ1) is 12.6. The second kappa shape index (κ2) is 5.67. The molecule has 2 aromatic rings. The number of fused-ring (bicyclic) bond motifs is 1. The maximum atomic E-state index is 12.0. The highest BCUT2D eigenvalue weighted by atomic mass is 16.2. The van der Waals surface area contributed by atoms with Crippen molar-refractivity contribution in [3.63, 3.8) is 0 Å². The van der Waals surface area contributed by atoms with Gasteiger partial charge in [0.05, 0.1) is 17.4 Å². The third-order valence-corrected chi connectivity index (χ3v) is 3.16. The van der Waals surface area contributed by atoms with Gasteiger partial charge in [0.15, 0.2) is 0 Å². The Bertz CT molecular complexity index is 533. The van der Waals surface area contributed by atoms with E-state index in [9.17, 15) is 4.79 Å². The molecule has 0 saturated heterocycles. The predicted octanol–water partition coefficient (Wildman–Crippen LogP) is 3.11. The third-order valence-electron chi connectivity index (χ3n) is 3.16. The maximum Gasteiger partial charge on any atom is 0.226 e. The first-order valence-corrected chi connectivity index (χ1v) is 6.42. The van der Waals surface area contributed by atoms with Gasteiger partial charge in [-0.3, -0.25) is 4.79 Å². The molecule has 1 N–H and O–H groups in total. The molecule has 1 aromatic heterocycles. The molecule has 1 heterocycles. The van der Waals surface area contributed by atoms with Crippen molar-refractivity contribution in [3.05, 3.63) is 24.5 Å². The Morgan fingerprint density at radius 3 is 3.00 bits per heavy atom. The van der Waals surface area contributed by atoms with Crippen LogP contribution in [0.4, 0.5) is 5.69 Å². The van der Waals surface area contributed by atoms with E-state index in [1.807, 2.05) is 25.2 Å². The second-order valence-corrected chi connectivity index (χ2v) is 4.51. The number of nitrogens with one attached hydrogen (secondary N) is 1. The van der Waals surface area contributed by atoms with Gasteiger partial charge in [-0.2, -0.15) is 0 Å². The van der Waals surface area contributed by atoms with Crippen LogP contribution >= 0.6 is 0 Å². The van der Waals surface area contributed by atoms with Crippen molar-refractivity contribution in [1.29, 1.82) is 0 Å². The van der Waals surface area contributed by atoms with Crippen LogP contribution < -0.4 is 4.90 Å². The summed E-state index contributed by atoms with van der Waals surface area (Å²) in [6, 6.07) is 5.82. The molecule has 18 heavy (non-hydrogen) atoms. The van der Waals surface area contributed by atoms with Gasteiger partial charge in [-0.05, 0) is 24.6 Å². The summed E-state index contributed by atoms with van der Waals surface area (Å²) in [6.07, 6.45) is 5.49. The van der Waals surface area contributed by atoms with Crippen molar-refractivity contribution in [2.75, 3.05) is 11.9 Å². The van der Waals surface area contributed by atoms with Crippen molar-refractivity contribution in [2.45, 2.75) is 32.6 Å². The van der Waals surface area contributed by atoms with Crippen molar-refractivity contribution in [3.8, 4) is 0 Å². The molecular weight excluding hydrogens is 226 g/mol. The van der Waals surface area contributed by atoms with Crippen LogP contribution in [0.15, 0.2) is 24.5 Å². The molecular formula is C14H19N3O. The summed E-state index contributed by atoms with van der Waals surface area (Å²) in [6.45, 7) is 2.14. The van der Waals surface area contributed by atoms with Gasteiger partial charge in [0.25, 0.3) is 0 Å². The van der Waals surface area contributed by atoms with Crippen LogP contribution in [0.1, 0.15) is 32.6 Å². The molecule has 0 bridgehead atoms. The lowest BCUT2D eigenvalue weighted by Gasteiger charge is -2.17. The number of nitrogens with zero attached hydrogens (tertiary/aromatic N) is 2. The Kier molecular flexibility index (Phi) is 3.97. The third kappa shape index (κ3) is 2.70. The lowest BCUT2D eigenvalue weighted by Crippen LogP contribution is -2.25. The molecule has 0 unspecified atom stereocenters. The van der Waals surface area contributed by atoms with Crippen LogP contribution in [0.3, 0.4) is 0 Å². The number of amides is 1. The number of unbranched alkanes of at least 4 members (excludes halogenated alkanes) is 2. The summed E-state index contributed by atoms with van der Waals surface area (Å²) >= 11 is 0. The topological polar surface area (TPSA) is 49.0 Å². The minimum atomic E-state index is 0.169. The normalized spacial score (nSPS) is 10.8. The van der Waals surface area contributed by atoms with Crippen LogP contribution in [0.25, 0.3) is 11.0 Å². The molecule has 1 amide bonds. The monoisotopic (exact) mass is 245 g/mol. The fourth-order valence-corrected chi connectivity index (χ4v) is 1.97. The zero-order chi connectivity index (χ0) is 13.0. The molecule has 0 atom stereocenters. The zero-order valence-electron chi connectivity index (χ0n) is 10.9. The summed E-state index contributed by atoms with van der Waals surface area (Å²) < 4.78 is 0. The highest BCUT2D eigenvalue weighted by molar-refractivity contribution is 5.94. The van der Waals surface area contributed by atoms with Crippen LogP contribution in [0.2, 0.25) is 0 Å². The number of hydrogen-bond acceptors (Lipinski definition) is 2. The average Bonchev–Trinajstić information content (AvgIpc) is 2.85. The largest absolute Gasteiger partial charge is 0.345 e. The van der Waals surface area contributed by atoms with Crippen molar-refractivity contribution < 1.29 is 4.79 Å². The van der Waals surface area contributed by atoms with E-state index in [0.29, 0.717) is 6.42 Å². The highest BCUT2D eigenvalue weighted by Gasteiger charge is 2.11. The fourth-order valence-electron chi connectivity index (χ4n) is 1.97. The van der Waals surface area contributed by atoms with Crippen LogP contribution in [-0.2, 0) is 4.79 Å². The van der Waals surface area contributed by atoms with Crippen LogP contribution in [0.5, 0.6) is 0 Å². The van der Waals surface area contributed by atoms with Gasteiger partial charge in [0.1, 0.15) is 0 Å². The van der Waals surface area contributed by atoms with Gasteiger partial charge in [0, 0.05) is 19.2 Å². The van der Waals surface area contributed by atoms with E-state index in [2.05, 4.69) is 16.9 Å². The van der Waals surface area contributed by atoms with Crippen LogP contribution in [-0.4, -0.2) is 22.9 Å². The number of anilines is 1. The van der Waals surface area contributed by atoms with Gasteiger partial charge in [-0.1, -0.05) is 19.8 Å². The minimum absolute atomic E-state index is 0.169. The van der Waals surface area contributed by atoms with Crippen molar-refractivity contribution >= 4 is 22.6 Å². The number of H-pyrrole nitrogens is 1. The zero-order valence-corrected chi connectivity index (χ0v) is 10.9. The van der Waals surface area contributed by atoms with Gasteiger partial charge in [-0.25, -0.2) is 4.98 Å². The fraction of sp³-hybridized carbons (Fsp3) is 0.429. The number of aromatic nitrogens is 2.